The summed E-state index contributed by atoms with van der Waals surface area (Å²) < 4.78 is 0. The highest BCUT2D eigenvalue weighted by molar-refractivity contribution is 7.10. The molecule has 3 heteroatoms. The Balaban J connectivity index is 2.08. The van der Waals surface area contributed by atoms with Gasteiger partial charge in [0.15, 0.2) is 0 Å². The largest absolute Gasteiger partial charge is 0.314 e. The van der Waals surface area contributed by atoms with Crippen LogP contribution >= 0.6 is 11.3 Å². The zero-order valence-corrected chi connectivity index (χ0v) is 8.08. The molecule has 0 bridgehead atoms. The van der Waals surface area contributed by atoms with E-state index in [-0.39, 0.29) is 0 Å². The zero-order chi connectivity index (χ0) is 8.39. The van der Waals surface area contributed by atoms with Crippen LogP contribution < -0.4 is 10.6 Å². The lowest BCUT2D eigenvalue weighted by Gasteiger charge is -2.23. The molecule has 0 radical (unpaired) electrons. The number of aryl methyl sites for hydroxylation is 1. The number of hydrogen-bond acceptors (Lipinski definition) is 3. The van der Waals surface area contributed by atoms with Gasteiger partial charge in [-0.1, -0.05) is 0 Å². The molecule has 2 N–H and O–H groups in total. The van der Waals surface area contributed by atoms with E-state index < -0.39 is 0 Å². The minimum atomic E-state index is 0.539. The molecule has 0 saturated carbocycles. The van der Waals surface area contributed by atoms with Crippen LogP contribution in [0.25, 0.3) is 0 Å². The van der Waals surface area contributed by atoms with Crippen LogP contribution in [0.2, 0.25) is 0 Å². The van der Waals surface area contributed by atoms with E-state index in [1.54, 1.807) is 0 Å². The van der Waals surface area contributed by atoms with Crippen molar-refractivity contribution in [1.82, 2.24) is 10.6 Å². The highest BCUT2D eigenvalue weighted by Crippen LogP contribution is 2.21. The minimum absolute atomic E-state index is 0.539. The molecule has 1 aliphatic heterocycles. The van der Waals surface area contributed by atoms with Gasteiger partial charge in [0.2, 0.25) is 0 Å². The maximum atomic E-state index is 3.50. The van der Waals surface area contributed by atoms with Crippen molar-refractivity contribution in [2.75, 3.05) is 19.6 Å². The molecular weight excluding hydrogens is 168 g/mol. The molecule has 1 aliphatic rings. The van der Waals surface area contributed by atoms with E-state index in [0.717, 1.165) is 19.6 Å². The first kappa shape index (κ1) is 8.23. The Labute approximate surface area is 77.0 Å². The molecule has 0 unspecified atom stereocenters. The number of rotatable bonds is 1. The molecule has 12 heavy (non-hydrogen) atoms. The number of thiophene rings is 1. The summed E-state index contributed by atoms with van der Waals surface area (Å²) in [5.41, 5.74) is 1.38. The maximum Gasteiger partial charge on any atom is 0.0542 e. The molecule has 0 spiro atoms. The summed E-state index contributed by atoms with van der Waals surface area (Å²) >= 11 is 1.85. The molecule has 1 aromatic heterocycles. The van der Waals surface area contributed by atoms with Crippen molar-refractivity contribution in [2.45, 2.75) is 13.0 Å². The Morgan fingerprint density at radius 2 is 2.42 bits per heavy atom. The third kappa shape index (κ3) is 1.68. The molecular formula is C9H14N2S. The van der Waals surface area contributed by atoms with Crippen LogP contribution in [0.1, 0.15) is 16.5 Å². The first-order chi connectivity index (χ1) is 5.86. The second kappa shape index (κ2) is 3.56. The van der Waals surface area contributed by atoms with E-state index in [1.807, 2.05) is 11.3 Å². The lowest BCUT2D eigenvalue weighted by atomic mass is 10.2. The van der Waals surface area contributed by atoms with Gasteiger partial charge in [-0.2, -0.15) is 0 Å². The molecule has 1 saturated heterocycles. The van der Waals surface area contributed by atoms with Crippen molar-refractivity contribution in [3.63, 3.8) is 0 Å². The summed E-state index contributed by atoms with van der Waals surface area (Å²) in [6.07, 6.45) is 0. The average molecular weight is 182 g/mol. The number of piperazine rings is 1. The summed E-state index contributed by atoms with van der Waals surface area (Å²) in [6.45, 7) is 5.40. The van der Waals surface area contributed by atoms with Crippen LogP contribution in [0, 0.1) is 6.92 Å². The summed E-state index contributed by atoms with van der Waals surface area (Å²) in [5, 5.41) is 9.10. The molecule has 0 aromatic carbocycles. The van der Waals surface area contributed by atoms with Gasteiger partial charge in [0, 0.05) is 24.5 Å². The quantitative estimate of drug-likeness (QED) is 0.684. The summed E-state index contributed by atoms with van der Waals surface area (Å²) in [5.74, 6) is 0. The van der Waals surface area contributed by atoms with Gasteiger partial charge in [-0.15, -0.1) is 11.3 Å². The number of hydrogen-bond donors (Lipinski definition) is 2. The molecule has 1 aromatic rings. The van der Waals surface area contributed by atoms with Crippen molar-refractivity contribution in [2.24, 2.45) is 0 Å². The van der Waals surface area contributed by atoms with Gasteiger partial charge in [0.25, 0.3) is 0 Å². The predicted molar refractivity (Wildman–Crippen MR) is 52.7 cm³/mol. The Morgan fingerprint density at radius 1 is 1.50 bits per heavy atom. The highest BCUT2D eigenvalue weighted by atomic mass is 32.1. The first-order valence-corrected chi connectivity index (χ1v) is 5.23. The van der Waals surface area contributed by atoms with Gasteiger partial charge in [0.1, 0.15) is 0 Å². The topological polar surface area (TPSA) is 24.1 Å². The maximum absolute atomic E-state index is 3.50. The Morgan fingerprint density at radius 3 is 3.00 bits per heavy atom. The molecule has 2 heterocycles. The molecule has 1 atom stereocenters. The van der Waals surface area contributed by atoms with Crippen LogP contribution in [0.3, 0.4) is 0 Å². The van der Waals surface area contributed by atoms with Gasteiger partial charge in [-0.25, -0.2) is 0 Å². The molecule has 2 nitrogen and oxygen atoms in total. The van der Waals surface area contributed by atoms with Crippen molar-refractivity contribution in [1.29, 1.82) is 0 Å². The molecule has 2 rings (SSSR count). The fourth-order valence-corrected chi connectivity index (χ4v) is 2.47. The van der Waals surface area contributed by atoms with Gasteiger partial charge >= 0.3 is 0 Å². The van der Waals surface area contributed by atoms with Crippen LogP contribution in [0.4, 0.5) is 0 Å². The fourth-order valence-electron chi connectivity index (χ4n) is 1.49. The first-order valence-electron chi connectivity index (χ1n) is 4.35. The lowest BCUT2D eigenvalue weighted by Crippen LogP contribution is -2.42. The van der Waals surface area contributed by atoms with E-state index in [9.17, 15) is 0 Å². The van der Waals surface area contributed by atoms with Crippen LogP contribution in [0.5, 0.6) is 0 Å². The normalized spacial score (nSPS) is 24.2. The van der Waals surface area contributed by atoms with E-state index in [1.165, 1.54) is 10.4 Å². The van der Waals surface area contributed by atoms with Gasteiger partial charge in [-0.05, 0) is 23.9 Å². The third-order valence-electron chi connectivity index (χ3n) is 2.14. The SMILES string of the molecule is Cc1csc([C@@H]2CNCCN2)c1. The van der Waals surface area contributed by atoms with Crippen molar-refractivity contribution >= 4 is 11.3 Å². The Bertz CT molecular complexity index is 251. The number of nitrogens with one attached hydrogen (secondary N) is 2. The van der Waals surface area contributed by atoms with E-state index >= 15 is 0 Å². The lowest BCUT2D eigenvalue weighted by molar-refractivity contribution is 0.435. The molecule has 0 aliphatic carbocycles. The van der Waals surface area contributed by atoms with E-state index in [2.05, 4.69) is 29.0 Å². The minimum Gasteiger partial charge on any atom is -0.314 e. The van der Waals surface area contributed by atoms with Crippen LogP contribution in [-0.2, 0) is 0 Å². The van der Waals surface area contributed by atoms with Gasteiger partial charge in [0.05, 0.1) is 6.04 Å². The molecule has 1 fully saturated rings. The van der Waals surface area contributed by atoms with Crippen molar-refractivity contribution in [3.05, 3.63) is 21.9 Å². The second-order valence-corrected chi connectivity index (χ2v) is 4.18. The van der Waals surface area contributed by atoms with Crippen LogP contribution in [-0.4, -0.2) is 19.6 Å². The van der Waals surface area contributed by atoms with Crippen molar-refractivity contribution in [3.8, 4) is 0 Å². The summed E-state index contributed by atoms with van der Waals surface area (Å²) in [4.78, 5) is 1.46. The van der Waals surface area contributed by atoms with Crippen molar-refractivity contribution < 1.29 is 0 Å². The fraction of sp³-hybridized carbons (Fsp3) is 0.556. The summed E-state index contributed by atoms with van der Waals surface area (Å²) in [7, 11) is 0. The summed E-state index contributed by atoms with van der Waals surface area (Å²) in [6, 6.07) is 2.81. The Hall–Kier alpha value is -0.380. The van der Waals surface area contributed by atoms with Gasteiger partial charge < -0.3 is 10.6 Å². The van der Waals surface area contributed by atoms with Gasteiger partial charge in [-0.3, -0.25) is 0 Å². The second-order valence-electron chi connectivity index (χ2n) is 3.24. The average Bonchev–Trinajstić information content (AvgIpc) is 2.54. The molecule has 66 valence electrons. The van der Waals surface area contributed by atoms with E-state index in [0.29, 0.717) is 6.04 Å². The highest BCUT2D eigenvalue weighted by Gasteiger charge is 2.14. The smallest absolute Gasteiger partial charge is 0.0542 e. The van der Waals surface area contributed by atoms with E-state index in [4.69, 9.17) is 0 Å². The standard InChI is InChI=1S/C9H14N2S/c1-7-4-9(12-6-7)8-5-10-2-3-11-8/h4,6,8,10-11H,2-3,5H2,1H3/t8-/m0/s1. The monoisotopic (exact) mass is 182 g/mol. The zero-order valence-electron chi connectivity index (χ0n) is 7.26. The van der Waals surface area contributed by atoms with Crippen LogP contribution in [0.15, 0.2) is 11.4 Å². The molecule has 0 amide bonds. The third-order valence-corrected chi connectivity index (χ3v) is 3.30. The predicted octanol–water partition coefficient (Wildman–Crippen LogP) is 1.29. The Kier molecular flexibility index (Phi) is 2.44.